The summed E-state index contributed by atoms with van der Waals surface area (Å²) in [7, 11) is -4.12. The zero-order valence-electron chi connectivity index (χ0n) is 18.2. The van der Waals surface area contributed by atoms with E-state index in [1.807, 2.05) is 37.3 Å². The third-order valence-corrected chi connectivity index (χ3v) is 8.10. The fraction of sp³-hybridized carbons (Fsp3) is 0.115. The summed E-state index contributed by atoms with van der Waals surface area (Å²) in [4.78, 5) is -0.0219. The quantitative estimate of drug-likeness (QED) is 0.547. The van der Waals surface area contributed by atoms with Gasteiger partial charge in [-0.1, -0.05) is 65.7 Å². The topological polar surface area (TPSA) is 96.4 Å². The van der Waals surface area contributed by atoms with E-state index in [1.165, 1.54) is 4.31 Å². The molecule has 3 aromatic carbocycles. The third-order valence-electron chi connectivity index (χ3n) is 5.99. The summed E-state index contributed by atoms with van der Waals surface area (Å²) in [6, 6.07) is 23.6. The van der Waals surface area contributed by atoms with Crippen LogP contribution in [0.2, 0.25) is 5.02 Å². The van der Waals surface area contributed by atoms with Crippen molar-refractivity contribution in [1.29, 1.82) is 5.26 Å². The lowest BCUT2D eigenvalue weighted by atomic mass is 9.88. The molecule has 0 spiro atoms. The van der Waals surface area contributed by atoms with Crippen molar-refractivity contribution in [3.8, 4) is 6.07 Å². The Balaban J connectivity index is 1.76. The van der Waals surface area contributed by atoms with Crippen LogP contribution in [0.3, 0.4) is 0 Å². The van der Waals surface area contributed by atoms with Crippen molar-refractivity contribution in [1.82, 2.24) is 0 Å². The summed E-state index contributed by atoms with van der Waals surface area (Å²) >= 11 is 6.23. The van der Waals surface area contributed by atoms with E-state index in [2.05, 4.69) is 6.07 Å². The Kier molecular flexibility index (Phi) is 5.35. The van der Waals surface area contributed by atoms with Crippen molar-refractivity contribution in [2.75, 3.05) is 4.31 Å². The van der Waals surface area contributed by atoms with E-state index >= 15 is 0 Å². The SMILES string of the molecule is Cc1ccc(CN2c3ccccc3C3=C([C@@H](c4cccc(Cl)c4)C(C#N)=C(N)O3)S2(=O)=O)cc1. The van der Waals surface area contributed by atoms with Crippen LogP contribution in [-0.2, 0) is 21.3 Å². The van der Waals surface area contributed by atoms with Crippen molar-refractivity contribution >= 4 is 33.1 Å². The zero-order chi connectivity index (χ0) is 24.0. The molecule has 2 heterocycles. The number of para-hydroxylation sites is 1. The molecule has 1 atom stereocenters. The van der Waals surface area contributed by atoms with Gasteiger partial charge in [0.1, 0.15) is 16.5 Å². The second-order valence-electron chi connectivity index (χ2n) is 8.19. The molecule has 0 aliphatic carbocycles. The Labute approximate surface area is 203 Å². The molecule has 170 valence electrons. The molecule has 34 heavy (non-hydrogen) atoms. The number of ether oxygens (including phenoxy) is 1. The van der Waals surface area contributed by atoms with Gasteiger partial charge in [-0.15, -0.1) is 0 Å². The maximum absolute atomic E-state index is 14.2. The molecule has 0 saturated carbocycles. The van der Waals surface area contributed by atoms with E-state index in [9.17, 15) is 13.7 Å². The molecular weight excluding hydrogens is 470 g/mol. The Hall–Kier alpha value is -3.73. The van der Waals surface area contributed by atoms with Crippen LogP contribution in [0.1, 0.15) is 28.2 Å². The largest absolute Gasteiger partial charge is 0.439 e. The summed E-state index contributed by atoms with van der Waals surface area (Å²) in [5.41, 5.74) is 9.70. The lowest BCUT2D eigenvalue weighted by Gasteiger charge is -2.38. The van der Waals surface area contributed by atoms with Gasteiger partial charge in [-0.05, 0) is 42.3 Å². The number of nitriles is 1. The minimum atomic E-state index is -4.12. The normalized spacial score (nSPS) is 18.6. The summed E-state index contributed by atoms with van der Waals surface area (Å²) in [5, 5.41) is 10.3. The first-order chi connectivity index (χ1) is 16.3. The molecule has 0 aromatic heterocycles. The number of nitrogens with two attached hydrogens (primary N) is 1. The van der Waals surface area contributed by atoms with Gasteiger partial charge in [-0.25, -0.2) is 8.42 Å². The van der Waals surface area contributed by atoms with Crippen LogP contribution in [-0.4, -0.2) is 8.42 Å². The average molecular weight is 490 g/mol. The van der Waals surface area contributed by atoms with E-state index in [-0.39, 0.29) is 28.7 Å². The minimum absolute atomic E-state index is 0.0219. The number of hydrogen-bond acceptors (Lipinski definition) is 5. The summed E-state index contributed by atoms with van der Waals surface area (Å²) < 4.78 is 35.6. The predicted molar refractivity (Wildman–Crippen MR) is 132 cm³/mol. The number of halogens is 1. The Morgan fingerprint density at radius 2 is 1.82 bits per heavy atom. The molecule has 2 aliphatic heterocycles. The van der Waals surface area contributed by atoms with Crippen molar-refractivity contribution in [2.45, 2.75) is 19.4 Å². The van der Waals surface area contributed by atoms with Crippen LogP contribution in [0.5, 0.6) is 0 Å². The van der Waals surface area contributed by atoms with Crippen LogP contribution in [0.15, 0.2) is 89.2 Å². The first-order valence-electron chi connectivity index (χ1n) is 10.6. The Morgan fingerprint density at radius 3 is 2.53 bits per heavy atom. The molecule has 6 nitrogen and oxygen atoms in total. The summed E-state index contributed by atoms with van der Waals surface area (Å²) in [6.07, 6.45) is 0. The predicted octanol–water partition coefficient (Wildman–Crippen LogP) is 5.17. The zero-order valence-corrected chi connectivity index (χ0v) is 19.8. The fourth-order valence-corrected chi connectivity index (χ4v) is 6.47. The van der Waals surface area contributed by atoms with E-state index in [1.54, 1.807) is 42.5 Å². The van der Waals surface area contributed by atoms with Gasteiger partial charge in [0, 0.05) is 10.6 Å². The van der Waals surface area contributed by atoms with Crippen LogP contribution in [0, 0.1) is 18.3 Å². The molecule has 3 aromatic rings. The number of rotatable bonds is 3. The minimum Gasteiger partial charge on any atom is -0.439 e. The van der Waals surface area contributed by atoms with Gasteiger partial charge >= 0.3 is 0 Å². The summed E-state index contributed by atoms with van der Waals surface area (Å²) in [6.45, 7) is 2.10. The van der Waals surface area contributed by atoms with Crippen LogP contribution in [0.4, 0.5) is 5.69 Å². The molecule has 0 bridgehead atoms. The summed E-state index contributed by atoms with van der Waals surface area (Å²) in [5.74, 6) is -0.938. The molecule has 0 fully saturated rings. The van der Waals surface area contributed by atoms with Crippen molar-refractivity contribution in [3.05, 3.63) is 116 Å². The van der Waals surface area contributed by atoms with Crippen LogP contribution in [0.25, 0.3) is 5.76 Å². The lowest BCUT2D eigenvalue weighted by molar-refractivity contribution is 0.357. The maximum Gasteiger partial charge on any atom is 0.265 e. The fourth-order valence-electron chi connectivity index (χ4n) is 4.36. The second kappa shape index (κ2) is 8.24. The van der Waals surface area contributed by atoms with E-state index in [0.717, 1.165) is 11.1 Å². The standard InChI is InChI=1S/C26H20ClN3O3S/c1-16-9-11-17(12-10-16)15-30-22-8-3-2-7-20(22)24-25(34(30,31)32)23(21(14-28)26(29)33-24)18-5-4-6-19(27)13-18/h2-13,23H,15,29H2,1H3/t23-/m0/s1. The highest BCUT2D eigenvalue weighted by atomic mass is 35.5. The highest BCUT2D eigenvalue weighted by molar-refractivity contribution is 7.96. The first kappa shape index (κ1) is 22.1. The van der Waals surface area contributed by atoms with Crippen LogP contribution >= 0.6 is 11.6 Å². The highest BCUT2D eigenvalue weighted by Crippen LogP contribution is 2.51. The number of fused-ring (bicyclic) bond motifs is 2. The Bertz CT molecular complexity index is 1520. The molecule has 0 saturated heterocycles. The van der Waals surface area contributed by atoms with Crippen molar-refractivity contribution in [2.24, 2.45) is 5.73 Å². The number of allylic oxidation sites excluding steroid dienone is 2. The monoisotopic (exact) mass is 489 g/mol. The van der Waals surface area contributed by atoms with Gasteiger partial charge in [-0.3, -0.25) is 4.31 Å². The van der Waals surface area contributed by atoms with Crippen molar-refractivity contribution < 1.29 is 13.2 Å². The number of nitrogens with zero attached hydrogens (tertiary/aromatic N) is 2. The van der Waals surface area contributed by atoms with Gasteiger partial charge in [0.2, 0.25) is 5.88 Å². The van der Waals surface area contributed by atoms with Crippen LogP contribution < -0.4 is 10.0 Å². The lowest BCUT2D eigenvalue weighted by Crippen LogP contribution is -2.39. The number of anilines is 1. The molecule has 0 radical (unpaired) electrons. The molecular formula is C26H20ClN3O3S. The molecule has 0 unspecified atom stereocenters. The average Bonchev–Trinajstić information content (AvgIpc) is 2.82. The molecule has 5 rings (SSSR count). The molecule has 0 amide bonds. The molecule has 2 aliphatic rings. The smallest absolute Gasteiger partial charge is 0.265 e. The molecule has 2 N–H and O–H groups in total. The maximum atomic E-state index is 14.2. The van der Waals surface area contributed by atoms with Gasteiger partial charge in [-0.2, -0.15) is 5.26 Å². The second-order valence-corrected chi connectivity index (χ2v) is 10.5. The molecule has 8 heteroatoms. The number of benzene rings is 3. The first-order valence-corrected chi connectivity index (χ1v) is 12.4. The van der Waals surface area contributed by atoms with E-state index in [0.29, 0.717) is 21.8 Å². The number of sulfonamides is 1. The number of aryl methyl sites for hydroxylation is 1. The Morgan fingerprint density at radius 1 is 1.09 bits per heavy atom. The highest BCUT2D eigenvalue weighted by Gasteiger charge is 2.47. The van der Waals surface area contributed by atoms with E-state index in [4.69, 9.17) is 22.1 Å². The van der Waals surface area contributed by atoms with E-state index < -0.39 is 15.9 Å². The van der Waals surface area contributed by atoms with Gasteiger partial charge < -0.3 is 10.5 Å². The van der Waals surface area contributed by atoms with Crippen molar-refractivity contribution in [3.63, 3.8) is 0 Å². The van der Waals surface area contributed by atoms with Gasteiger partial charge in [0.15, 0.2) is 5.76 Å². The number of hydrogen-bond donors (Lipinski definition) is 1. The van der Waals surface area contributed by atoms with Gasteiger partial charge in [0.05, 0.1) is 18.2 Å². The van der Waals surface area contributed by atoms with Gasteiger partial charge in [0.25, 0.3) is 10.0 Å². The third kappa shape index (κ3) is 3.52.